The van der Waals surface area contributed by atoms with E-state index in [-0.39, 0.29) is 0 Å². The van der Waals surface area contributed by atoms with Crippen LogP contribution in [0, 0.1) is 6.92 Å². The van der Waals surface area contributed by atoms with Gasteiger partial charge in [0.2, 0.25) is 5.95 Å². The molecule has 0 radical (unpaired) electrons. The molecule has 2 aliphatic heterocycles. The Kier molecular flexibility index (Phi) is 7.26. The summed E-state index contributed by atoms with van der Waals surface area (Å²) in [4.78, 5) is 10.1. The summed E-state index contributed by atoms with van der Waals surface area (Å²) >= 11 is 0. The van der Waals surface area contributed by atoms with Crippen molar-refractivity contribution >= 4 is 22.8 Å². The second-order valence-electron chi connectivity index (χ2n) is 10.1. The van der Waals surface area contributed by atoms with Crippen LogP contribution in [0.15, 0.2) is 54.7 Å². The van der Waals surface area contributed by atoms with Crippen molar-refractivity contribution in [3.8, 4) is 22.8 Å². The molecule has 4 heterocycles. The average molecular weight is 529 g/mol. The highest BCUT2D eigenvalue weighted by atomic mass is 16.5. The lowest BCUT2D eigenvalue weighted by Crippen LogP contribution is -2.54. The Labute approximate surface area is 229 Å². The lowest BCUT2D eigenvalue weighted by atomic mass is 10.0. The van der Waals surface area contributed by atoms with Crippen molar-refractivity contribution in [2.45, 2.75) is 32.4 Å². The molecule has 0 amide bonds. The van der Waals surface area contributed by atoms with Gasteiger partial charge in [0.15, 0.2) is 0 Å². The minimum Gasteiger partial charge on any atom is -0.496 e. The molecule has 2 aromatic heterocycles. The SMILES string of the molecule is COc1cc(N2CCCCC2N2CCOCC2)c(C)cc1Nc1nc(-c2ccccc2OC)c2cccn2n1. The van der Waals surface area contributed by atoms with Gasteiger partial charge in [-0.2, -0.15) is 0 Å². The zero-order chi connectivity index (χ0) is 26.8. The number of para-hydroxylation sites is 1. The fraction of sp³-hybridized carbons (Fsp3) is 0.400. The second-order valence-corrected chi connectivity index (χ2v) is 10.1. The summed E-state index contributed by atoms with van der Waals surface area (Å²) in [6.45, 7) is 6.77. The van der Waals surface area contributed by atoms with Crippen molar-refractivity contribution in [1.29, 1.82) is 0 Å². The Bertz CT molecular complexity index is 1450. The second kappa shape index (κ2) is 11.1. The number of nitrogens with zero attached hydrogens (tertiary/aromatic N) is 5. The molecule has 9 nitrogen and oxygen atoms in total. The van der Waals surface area contributed by atoms with Crippen LogP contribution in [0.4, 0.5) is 17.3 Å². The number of aryl methyl sites for hydroxylation is 1. The van der Waals surface area contributed by atoms with Gasteiger partial charge in [0.05, 0.1) is 44.8 Å². The Morgan fingerprint density at radius 1 is 0.949 bits per heavy atom. The van der Waals surface area contributed by atoms with Crippen LogP contribution >= 0.6 is 0 Å². The van der Waals surface area contributed by atoms with E-state index in [1.54, 1.807) is 14.2 Å². The maximum Gasteiger partial charge on any atom is 0.246 e. The minimum atomic E-state index is 0.382. The van der Waals surface area contributed by atoms with Crippen LogP contribution < -0.4 is 19.7 Å². The van der Waals surface area contributed by atoms with Gasteiger partial charge in [-0.05, 0) is 62.1 Å². The highest BCUT2D eigenvalue weighted by molar-refractivity contribution is 5.82. The highest BCUT2D eigenvalue weighted by Crippen LogP contribution is 2.38. The van der Waals surface area contributed by atoms with Crippen LogP contribution in [0.5, 0.6) is 11.5 Å². The minimum absolute atomic E-state index is 0.382. The third-order valence-electron chi connectivity index (χ3n) is 7.77. The number of anilines is 3. The van der Waals surface area contributed by atoms with Crippen molar-refractivity contribution < 1.29 is 14.2 Å². The highest BCUT2D eigenvalue weighted by Gasteiger charge is 2.30. The predicted molar refractivity (Wildman–Crippen MR) is 153 cm³/mol. The standard InChI is InChI=1S/C30H36N6O3/c1-21-19-23(27(38-3)20-25(21)35-13-7-6-12-28(35)34-15-17-39-18-16-34)31-30-32-29(24-10-8-14-36(24)33-30)22-9-4-5-11-26(22)37-2/h4-5,8-11,14,19-20,28H,6-7,12-13,15-18H2,1-3H3,(H,31,33). The molecule has 2 aliphatic rings. The first-order chi connectivity index (χ1) is 19.2. The summed E-state index contributed by atoms with van der Waals surface area (Å²) in [7, 11) is 3.39. The molecule has 9 heteroatoms. The molecule has 6 rings (SSSR count). The van der Waals surface area contributed by atoms with Crippen LogP contribution in [0.3, 0.4) is 0 Å². The normalized spacial score (nSPS) is 18.3. The van der Waals surface area contributed by atoms with Gasteiger partial charge in [0, 0.05) is 43.1 Å². The van der Waals surface area contributed by atoms with Crippen LogP contribution in [0.2, 0.25) is 0 Å². The van der Waals surface area contributed by atoms with Crippen molar-refractivity contribution in [2.75, 3.05) is 57.3 Å². The summed E-state index contributed by atoms with van der Waals surface area (Å²) in [6, 6.07) is 16.2. The van der Waals surface area contributed by atoms with Crippen molar-refractivity contribution in [3.63, 3.8) is 0 Å². The molecule has 2 aromatic carbocycles. The van der Waals surface area contributed by atoms with E-state index in [9.17, 15) is 0 Å². The summed E-state index contributed by atoms with van der Waals surface area (Å²) in [5, 5.41) is 8.18. The number of methoxy groups -OCH3 is 2. The Morgan fingerprint density at radius 2 is 1.77 bits per heavy atom. The maximum absolute atomic E-state index is 5.90. The molecule has 1 atom stereocenters. The molecular weight excluding hydrogens is 492 g/mol. The molecule has 0 bridgehead atoms. The maximum atomic E-state index is 5.90. The molecular formula is C30H36N6O3. The van der Waals surface area contributed by atoms with E-state index in [1.807, 2.05) is 47.1 Å². The van der Waals surface area contributed by atoms with Gasteiger partial charge in [-0.25, -0.2) is 9.50 Å². The van der Waals surface area contributed by atoms with Gasteiger partial charge in [-0.15, -0.1) is 5.10 Å². The first kappa shape index (κ1) is 25.5. The van der Waals surface area contributed by atoms with E-state index in [4.69, 9.17) is 24.3 Å². The van der Waals surface area contributed by atoms with E-state index in [1.165, 1.54) is 24.1 Å². The Balaban J connectivity index is 1.35. The third kappa shape index (κ3) is 4.99. The van der Waals surface area contributed by atoms with Crippen LogP contribution in [-0.4, -0.2) is 72.7 Å². The van der Waals surface area contributed by atoms with Gasteiger partial charge in [0.25, 0.3) is 0 Å². The number of hydrogen-bond acceptors (Lipinski definition) is 8. The van der Waals surface area contributed by atoms with E-state index in [0.717, 1.165) is 73.2 Å². The Hall–Kier alpha value is -3.82. The molecule has 39 heavy (non-hydrogen) atoms. The van der Waals surface area contributed by atoms with Crippen molar-refractivity contribution in [1.82, 2.24) is 19.5 Å². The summed E-state index contributed by atoms with van der Waals surface area (Å²) in [6.07, 6.45) is 5.92. The Morgan fingerprint density at radius 3 is 2.59 bits per heavy atom. The molecule has 4 aromatic rings. The molecule has 1 unspecified atom stereocenters. The van der Waals surface area contributed by atoms with Crippen LogP contribution in [0.25, 0.3) is 16.8 Å². The molecule has 0 saturated carbocycles. The number of rotatable bonds is 7. The van der Waals surface area contributed by atoms with Gasteiger partial charge in [0.1, 0.15) is 17.2 Å². The average Bonchev–Trinajstić information content (AvgIpc) is 3.46. The predicted octanol–water partition coefficient (Wildman–Crippen LogP) is 5.11. The number of piperidine rings is 1. The largest absolute Gasteiger partial charge is 0.496 e. The van der Waals surface area contributed by atoms with Gasteiger partial charge >= 0.3 is 0 Å². The van der Waals surface area contributed by atoms with Gasteiger partial charge < -0.3 is 24.4 Å². The number of morpholine rings is 1. The van der Waals surface area contributed by atoms with Crippen LogP contribution in [-0.2, 0) is 4.74 Å². The first-order valence-electron chi connectivity index (χ1n) is 13.7. The first-order valence-corrected chi connectivity index (χ1v) is 13.7. The third-order valence-corrected chi connectivity index (χ3v) is 7.77. The summed E-state index contributed by atoms with van der Waals surface area (Å²) in [5.41, 5.74) is 5.84. The number of fused-ring (bicyclic) bond motifs is 1. The molecule has 2 fully saturated rings. The fourth-order valence-electron chi connectivity index (χ4n) is 5.85. The van der Waals surface area contributed by atoms with Gasteiger partial charge in [-0.1, -0.05) is 12.1 Å². The molecule has 1 N–H and O–H groups in total. The molecule has 0 aliphatic carbocycles. The fourth-order valence-corrected chi connectivity index (χ4v) is 5.85. The summed E-state index contributed by atoms with van der Waals surface area (Å²) in [5.74, 6) is 2.01. The number of aromatic nitrogens is 3. The molecule has 2 saturated heterocycles. The molecule has 204 valence electrons. The van der Waals surface area contributed by atoms with Gasteiger partial charge in [-0.3, -0.25) is 4.90 Å². The number of nitrogens with one attached hydrogen (secondary N) is 1. The number of ether oxygens (including phenoxy) is 3. The van der Waals surface area contributed by atoms with Crippen LogP contribution in [0.1, 0.15) is 24.8 Å². The zero-order valence-electron chi connectivity index (χ0n) is 22.9. The van der Waals surface area contributed by atoms with Crippen molar-refractivity contribution in [3.05, 3.63) is 60.3 Å². The van der Waals surface area contributed by atoms with E-state index in [2.05, 4.69) is 34.2 Å². The summed E-state index contributed by atoms with van der Waals surface area (Å²) < 4.78 is 19.0. The number of hydrogen-bond donors (Lipinski definition) is 1. The quantitative estimate of drug-likeness (QED) is 0.355. The van der Waals surface area contributed by atoms with E-state index < -0.39 is 0 Å². The van der Waals surface area contributed by atoms with E-state index in [0.29, 0.717) is 12.1 Å². The zero-order valence-corrected chi connectivity index (χ0v) is 22.9. The topological polar surface area (TPSA) is 76.4 Å². The monoisotopic (exact) mass is 528 g/mol. The lowest BCUT2D eigenvalue weighted by molar-refractivity contribution is 0.0107. The van der Waals surface area contributed by atoms with E-state index >= 15 is 0 Å². The van der Waals surface area contributed by atoms with Crippen molar-refractivity contribution in [2.24, 2.45) is 0 Å². The number of benzene rings is 2. The molecule has 0 spiro atoms. The lowest BCUT2D eigenvalue weighted by Gasteiger charge is -2.45. The smallest absolute Gasteiger partial charge is 0.246 e.